The van der Waals surface area contributed by atoms with Gasteiger partial charge in [0.25, 0.3) is 0 Å². The van der Waals surface area contributed by atoms with Gasteiger partial charge >= 0.3 is 0 Å². The molecule has 0 spiro atoms. The molecule has 2 N–H and O–H groups in total. The summed E-state index contributed by atoms with van der Waals surface area (Å²) in [5.41, 5.74) is 8.30. The lowest BCUT2D eigenvalue weighted by Crippen LogP contribution is -2.00. The molecule has 0 aliphatic carbocycles. The predicted octanol–water partition coefficient (Wildman–Crippen LogP) is 7.46. The van der Waals surface area contributed by atoms with Crippen LogP contribution in [0.4, 0.5) is 5.69 Å². The van der Waals surface area contributed by atoms with Crippen molar-refractivity contribution in [3.8, 4) is 0 Å². The first-order valence-electron chi connectivity index (χ1n) is 10.1. The lowest BCUT2D eigenvalue weighted by Gasteiger charge is -2.17. The van der Waals surface area contributed by atoms with Gasteiger partial charge in [-0.05, 0) is 36.5 Å². The van der Waals surface area contributed by atoms with Gasteiger partial charge in [-0.3, -0.25) is 0 Å². The molecule has 0 amide bonds. The van der Waals surface area contributed by atoms with Crippen LogP contribution < -0.4 is 5.73 Å². The van der Waals surface area contributed by atoms with E-state index < -0.39 is 0 Å². The fourth-order valence-electron chi connectivity index (χ4n) is 3.52. The normalized spacial score (nSPS) is 12.4. The van der Waals surface area contributed by atoms with Gasteiger partial charge in [0.15, 0.2) is 0 Å². The highest BCUT2D eigenvalue weighted by molar-refractivity contribution is 5.41. The largest absolute Gasteiger partial charge is 0.399 e. The Morgan fingerprint density at radius 3 is 1.91 bits per heavy atom. The quantitative estimate of drug-likeness (QED) is 0.279. The van der Waals surface area contributed by atoms with Crippen LogP contribution in [-0.2, 0) is 0 Å². The first-order valence-corrected chi connectivity index (χ1v) is 10.1. The van der Waals surface area contributed by atoms with E-state index in [1.54, 1.807) is 0 Å². The van der Waals surface area contributed by atoms with Gasteiger partial charge in [0.05, 0.1) is 0 Å². The summed E-state index contributed by atoms with van der Waals surface area (Å²) in [4.78, 5) is 0. The van der Waals surface area contributed by atoms with Gasteiger partial charge in [0, 0.05) is 5.69 Å². The molecule has 1 heteroatoms. The van der Waals surface area contributed by atoms with Crippen LogP contribution in [0.1, 0.15) is 109 Å². The maximum atomic E-state index is 5.95. The minimum atomic E-state index is 0.706. The summed E-state index contributed by atoms with van der Waals surface area (Å²) in [6.07, 6.45) is 18.1. The van der Waals surface area contributed by atoms with Crippen molar-refractivity contribution in [1.82, 2.24) is 0 Å². The maximum absolute atomic E-state index is 5.95. The van der Waals surface area contributed by atoms with Gasteiger partial charge in [-0.15, -0.1) is 0 Å². The molecular weight excluding hydrogens is 278 g/mol. The molecule has 1 nitrogen and oxygen atoms in total. The standard InChI is InChI=1S/C22H39N/c1-3-5-6-7-8-9-10-11-12-13-16-20(15-4-2)21-17-14-18-22(23)19-21/h14,17-20H,3-13,15-16,23H2,1-2H3. The molecule has 0 saturated carbocycles. The molecule has 0 radical (unpaired) electrons. The number of rotatable bonds is 14. The second-order valence-corrected chi connectivity index (χ2v) is 7.13. The molecule has 0 aliphatic rings. The van der Waals surface area contributed by atoms with Crippen molar-refractivity contribution < 1.29 is 0 Å². The van der Waals surface area contributed by atoms with Crippen molar-refractivity contribution in [2.45, 2.75) is 103 Å². The van der Waals surface area contributed by atoms with Crippen LogP contribution in [0, 0.1) is 0 Å². The molecule has 1 atom stereocenters. The molecule has 1 aromatic carbocycles. The van der Waals surface area contributed by atoms with E-state index in [9.17, 15) is 0 Å². The number of hydrogen-bond acceptors (Lipinski definition) is 1. The molecular formula is C22H39N. The first kappa shape index (κ1) is 20.1. The number of unbranched alkanes of at least 4 members (excludes halogenated alkanes) is 9. The Bertz CT molecular complexity index is 385. The van der Waals surface area contributed by atoms with Gasteiger partial charge in [-0.25, -0.2) is 0 Å². The van der Waals surface area contributed by atoms with Crippen molar-refractivity contribution in [3.63, 3.8) is 0 Å². The molecule has 0 bridgehead atoms. The molecule has 0 fully saturated rings. The summed E-state index contributed by atoms with van der Waals surface area (Å²) < 4.78 is 0. The Labute approximate surface area is 145 Å². The summed E-state index contributed by atoms with van der Waals surface area (Å²) in [6.45, 7) is 4.58. The van der Waals surface area contributed by atoms with E-state index >= 15 is 0 Å². The van der Waals surface area contributed by atoms with E-state index in [0.29, 0.717) is 5.92 Å². The third-order valence-corrected chi connectivity index (χ3v) is 4.93. The first-order chi connectivity index (χ1) is 11.3. The zero-order valence-corrected chi connectivity index (χ0v) is 15.7. The average Bonchev–Trinajstić information content (AvgIpc) is 2.55. The van der Waals surface area contributed by atoms with E-state index in [1.165, 1.54) is 89.0 Å². The Hall–Kier alpha value is -0.980. The van der Waals surface area contributed by atoms with Crippen LogP contribution in [0.3, 0.4) is 0 Å². The van der Waals surface area contributed by atoms with Crippen LogP contribution in [0.25, 0.3) is 0 Å². The average molecular weight is 318 g/mol. The highest BCUT2D eigenvalue weighted by Gasteiger charge is 2.10. The van der Waals surface area contributed by atoms with Crippen LogP contribution in [0.5, 0.6) is 0 Å². The highest BCUT2D eigenvalue weighted by Crippen LogP contribution is 2.28. The van der Waals surface area contributed by atoms with Crippen LogP contribution in [0.2, 0.25) is 0 Å². The molecule has 1 unspecified atom stereocenters. The van der Waals surface area contributed by atoms with Gasteiger partial charge in [0.1, 0.15) is 0 Å². The van der Waals surface area contributed by atoms with Crippen LogP contribution in [-0.4, -0.2) is 0 Å². The van der Waals surface area contributed by atoms with Crippen LogP contribution >= 0.6 is 0 Å². The zero-order valence-electron chi connectivity index (χ0n) is 15.7. The van der Waals surface area contributed by atoms with E-state index in [2.05, 4.69) is 32.0 Å². The minimum Gasteiger partial charge on any atom is -0.399 e. The number of hydrogen-bond donors (Lipinski definition) is 1. The summed E-state index contributed by atoms with van der Waals surface area (Å²) in [5, 5.41) is 0. The fourth-order valence-corrected chi connectivity index (χ4v) is 3.52. The number of nitrogen functional groups attached to an aromatic ring is 1. The smallest absolute Gasteiger partial charge is 0.0316 e. The summed E-state index contributed by atoms with van der Waals surface area (Å²) in [5.74, 6) is 0.706. The maximum Gasteiger partial charge on any atom is 0.0316 e. The van der Waals surface area contributed by atoms with E-state index in [0.717, 1.165) is 5.69 Å². The van der Waals surface area contributed by atoms with Gasteiger partial charge < -0.3 is 5.73 Å². The Balaban J connectivity index is 2.12. The van der Waals surface area contributed by atoms with Crippen molar-refractivity contribution >= 4 is 5.69 Å². The molecule has 132 valence electrons. The molecule has 1 rings (SSSR count). The van der Waals surface area contributed by atoms with Crippen molar-refractivity contribution in [1.29, 1.82) is 0 Å². The summed E-state index contributed by atoms with van der Waals surface area (Å²) >= 11 is 0. The zero-order chi connectivity index (χ0) is 16.8. The summed E-state index contributed by atoms with van der Waals surface area (Å²) in [6, 6.07) is 8.53. The fraction of sp³-hybridized carbons (Fsp3) is 0.727. The number of nitrogens with two attached hydrogens (primary N) is 1. The monoisotopic (exact) mass is 317 g/mol. The van der Waals surface area contributed by atoms with Crippen molar-refractivity contribution in [2.24, 2.45) is 0 Å². The lowest BCUT2D eigenvalue weighted by atomic mass is 9.89. The third kappa shape index (κ3) is 9.69. The second kappa shape index (κ2) is 13.5. The van der Waals surface area contributed by atoms with Gasteiger partial charge in [-0.1, -0.05) is 96.6 Å². The molecule has 0 aliphatic heterocycles. The molecule has 0 saturated heterocycles. The van der Waals surface area contributed by atoms with E-state index in [1.807, 2.05) is 6.07 Å². The number of anilines is 1. The van der Waals surface area contributed by atoms with Crippen LogP contribution in [0.15, 0.2) is 24.3 Å². The number of benzene rings is 1. The minimum absolute atomic E-state index is 0.706. The Morgan fingerprint density at radius 2 is 1.35 bits per heavy atom. The summed E-state index contributed by atoms with van der Waals surface area (Å²) in [7, 11) is 0. The highest BCUT2D eigenvalue weighted by atomic mass is 14.5. The van der Waals surface area contributed by atoms with E-state index in [-0.39, 0.29) is 0 Å². The third-order valence-electron chi connectivity index (χ3n) is 4.93. The Morgan fingerprint density at radius 1 is 0.739 bits per heavy atom. The van der Waals surface area contributed by atoms with Gasteiger partial charge in [-0.2, -0.15) is 0 Å². The molecule has 0 heterocycles. The lowest BCUT2D eigenvalue weighted by molar-refractivity contribution is 0.505. The predicted molar refractivity (Wildman–Crippen MR) is 105 cm³/mol. The van der Waals surface area contributed by atoms with Crippen molar-refractivity contribution in [3.05, 3.63) is 29.8 Å². The van der Waals surface area contributed by atoms with Crippen molar-refractivity contribution in [2.75, 3.05) is 5.73 Å². The molecule has 1 aromatic rings. The van der Waals surface area contributed by atoms with Gasteiger partial charge in [0.2, 0.25) is 0 Å². The SMILES string of the molecule is CCCCCCCCCCCCC(CCC)c1cccc(N)c1. The second-order valence-electron chi connectivity index (χ2n) is 7.13. The topological polar surface area (TPSA) is 26.0 Å². The molecule has 23 heavy (non-hydrogen) atoms. The van der Waals surface area contributed by atoms with E-state index in [4.69, 9.17) is 5.73 Å². The Kier molecular flexibility index (Phi) is 11.7. The molecule has 0 aromatic heterocycles.